The lowest BCUT2D eigenvalue weighted by Crippen LogP contribution is -2.28. The predicted octanol–water partition coefficient (Wildman–Crippen LogP) is 3.10. The first kappa shape index (κ1) is 25.5. The minimum atomic E-state index is 0. The molecule has 0 bridgehead atoms. The van der Waals surface area contributed by atoms with Gasteiger partial charge in [-0.25, -0.2) is 0 Å². The van der Waals surface area contributed by atoms with E-state index in [1.807, 2.05) is 24.3 Å². The van der Waals surface area contributed by atoms with Gasteiger partial charge in [-0.3, -0.25) is 0 Å². The number of aliphatic hydroxyl groups excluding tert-OH is 1. The maximum atomic E-state index is 8.71. The third kappa shape index (κ3) is 9.31. The summed E-state index contributed by atoms with van der Waals surface area (Å²) in [4.78, 5) is 0. The molecule has 2 aromatic carbocycles. The zero-order valence-electron chi connectivity index (χ0n) is 15.9. The van der Waals surface area contributed by atoms with Gasteiger partial charge in [0.2, 0.25) is 0 Å². The van der Waals surface area contributed by atoms with Crippen LogP contribution in [0, 0.1) is 6.92 Å². The van der Waals surface area contributed by atoms with Crippen LogP contribution in [-0.4, -0.2) is 38.5 Å². The Labute approximate surface area is 174 Å². The summed E-state index contributed by atoms with van der Waals surface area (Å²) < 4.78 is 11.4. The average Bonchev–Trinajstić information content (AvgIpc) is 2.63. The minimum Gasteiger partial charge on any atom is -0.493 e. The van der Waals surface area contributed by atoms with E-state index in [9.17, 15) is 0 Å². The Morgan fingerprint density at radius 1 is 0.889 bits per heavy atom. The molecule has 7 heteroatoms. The lowest BCUT2D eigenvalue weighted by atomic mass is 10.1. The van der Waals surface area contributed by atoms with Crippen LogP contribution in [0.3, 0.4) is 0 Å². The molecule has 0 aliphatic heterocycles. The van der Waals surface area contributed by atoms with Crippen LogP contribution in [0.2, 0.25) is 0 Å². The Hall–Kier alpha value is -1.50. The smallest absolute Gasteiger partial charge is 0.161 e. The molecule has 0 amide bonds. The number of halogens is 2. The van der Waals surface area contributed by atoms with Crippen molar-refractivity contribution in [3.63, 3.8) is 0 Å². The molecule has 3 N–H and O–H groups in total. The van der Waals surface area contributed by atoms with Crippen molar-refractivity contribution < 1.29 is 14.6 Å². The highest BCUT2D eigenvalue weighted by Crippen LogP contribution is 2.28. The lowest BCUT2D eigenvalue weighted by molar-refractivity contribution is 0.284. The highest BCUT2D eigenvalue weighted by atomic mass is 35.5. The van der Waals surface area contributed by atoms with E-state index in [1.165, 1.54) is 5.56 Å². The van der Waals surface area contributed by atoms with Crippen molar-refractivity contribution in [2.45, 2.75) is 20.1 Å². The zero-order chi connectivity index (χ0) is 17.9. The number of methoxy groups -OCH3 is 1. The van der Waals surface area contributed by atoms with Crippen molar-refractivity contribution in [2.75, 3.05) is 33.4 Å². The van der Waals surface area contributed by atoms with Gasteiger partial charge < -0.3 is 25.2 Å². The van der Waals surface area contributed by atoms with Crippen LogP contribution in [0.5, 0.6) is 11.5 Å². The Bertz CT molecular complexity index is 657. The summed E-state index contributed by atoms with van der Waals surface area (Å²) in [5.41, 5.74) is 3.51. The highest BCUT2D eigenvalue weighted by Gasteiger charge is 2.06. The van der Waals surface area contributed by atoms with Crippen molar-refractivity contribution in [1.29, 1.82) is 0 Å². The average molecular weight is 417 g/mol. The molecular formula is C20H30Cl2N2O3. The number of aliphatic hydroxyl groups is 1. The molecule has 0 saturated heterocycles. The molecule has 0 radical (unpaired) electrons. The minimum absolute atomic E-state index is 0. The number of aryl methyl sites for hydroxylation is 1. The second-order valence-corrected chi connectivity index (χ2v) is 5.91. The first-order valence-corrected chi connectivity index (χ1v) is 8.60. The van der Waals surface area contributed by atoms with E-state index in [2.05, 4.69) is 35.8 Å². The van der Waals surface area contributed by atoms with Gasteiger partial charge in [-0.05, 0) is 30.2 Å². The molecule has 0 fully saturated rings. The maximum absolute atomic E-state index is 8.71. The Morgan fingerprint density at radius 2 is 1.67 bits per heavy atom. The fraction of sp³-hybridized carbons (Fsp3) is 0.400. The summed E-state index contributed by atoms with van der Waals surface area (Å²) in [7, 11) is 1.66. The van der Waals surface area contributed by atoms with Crippen LogP contribution in [-0.2, 0) is 13.2 Å². The van der Waals surface area contributed by atoms with Gasteiger partial charge >= 0.3 is 0 Å². The monoisotopic (exact) mass is 416 g/mol. The molecule has 2 rings (SSSR count). The summed E-state index contributed by atoms with van der Waals surface area (Å²) in [5, 5.41) is 15.2. The maximum Gasteiger partial charge on any atom is 0.161 e. The summed E-state index contributed by atoms with van der Waals surface area (Å²) in [6.45, 7) is 5.82. The van der Waals surface area contributed by atoms with Crippen molar-refractivity contribution >= 4 is 24.8 Å². The van der Waals surface area contributed by atoms with Gasteiger partial charge in [-0.2, -0.15) is 0 Å². The quantitative estimate of drug-likeness (QED) is 0.491. The number of rotatable bonds is 11. The van der Waals surface area contributed by atoms with Gasteiger partial charge in [-0.1, -0.05) is 35.9 Å². The molecule has 2 aromatic rings. The Balaban J connectivity index is 0.00000338. The Kier molecular flexibility index (Phi) is 13.7. The molecule has 152 valence electrons. The van der Waals surface area contributed by atoms with Crippen LogP contribution >= 0.6 is 24.8 Å². The molecular weight excluding hydrogens is 387 g/mol. The highest BCUT2D eigenvalue weighted by molar-refractivity contribution is 5.85. The molecule has 0 aliphatic rings. The first-order valence-electron chi connectivity index (χ1n) is 8.60. The number of nitrogens with one attached hydrogen (secondary N) is 2. The molecule has 0 saturated carbocycles. The van der Waals surface area contributed by atoms with E-state index in [0.717, 1.165) is 42.3 Å². The predicted molar refractivity (Wildman–Crippen MR) is 115 cm³/mol. The summed E-state index contributed by atoms with van der Waals surface area (Å²) in [6.07, 6.45) is 0. The van der Waals surface area contributed by atoms with E-state index >= 15 is 0 Å². The number of hydrogen-bond donors (Lipinski definition) is 3. The molecule has 0 aliphatic carbocycles. The molecule has 0 spiro atoms. The van der Waals surface area contributed by atoms with Crippen molar-refractivity contribution in [3.8, 4) is 11.5 Å². The van der Waals surface area contributed by atoms with Crippen molar-refractivity contribution in [3.05, 3.63) is 59.2 Å². The normalized spacial score (nSPS) is 9.89. The van der Waals surface area contributed by atoms with Gasteiger partial charge in [0, 0.05) is 26.2 Å². The number of benzene rings is 2. The van der Waals surface area contributed by atoms with E-state index in [4.69, 9.17) is 14.6 Å². The van der Waals surface area contributed by atoms with E-state index in [0.29, 0.717) is 13.2 Å². The third-order valence-electron chi connectivity index (χ3n) is 3.80. The number of ether oxygens (including phenoxy) is 2. The third-order valence-corrected chi connectivity index (χ3v) is 3.80. The fourth-order valence-electron chi connectivity index (χ4n) is 2.52. The van der Waals surface area contributed by atoms with Crippen LogP contribution in [0.25, 0.3) is 0 Å². The Morgan fingerprint density at radius 3 is 2.37 bits per heavy atom. The van der Waals surface area contributed by atoms with Gasteiger partial charge in [0.1, 0.15) is 6.61 Å². The number of hydrogen-bond acceptors (Lipinski definition) is 5. The summed E-state index contributed by atoms with van der Waals surface area (Å²) in [6, 6.07) is 14.3. The zero-order valence-corrected chi connectivity index (χ0v) is 17.5. The molecule has 0 heterocycles. The van der Waals surface area contributed by atoms with E-state index in [-0.39, 0.29) is 31.4 Å². The topological polar surface area (TPSA) is 62.8 Å². The van der Waals surface area contributed by atoms with Crippen molar-refractivity contribution in [1.82, 2.24) is 10.6 Å². The molecule has 0 unspecified atom stereocenters. The van der Waals surface area contributed by atoms with E-state index < -0.39 is 0 Å². The SMILES string of the molecule is COc1cc(CNCCNCCO)ccc1OCc1cccc(C)c1.Cl.Cl. The molecule has 0 aromatic heterocycles. The van der Waals surface area contributed by atoms with Crippen LogP contribution < -0.4 is 20.1 Å². The molecule has 27 heavy (non-hydrogen) atoms. The second kappa shape index (κ2) is 14.5. The molecule has 5 nitrogen and oxygen atoms in total. The summed E-state index contributed by atoms with van der Waals surface area (Å²) >= 11 is 0. The summed E-state index contributed by atoms with van der Waals surface area (Å²) in [5.74, 6) is 1.49. The van der Waals surface area contributed by atoms with Crippen LogP contribution in [0.15, 0.2) is 42.5 Å². The largest absolute Gasteiger partial charge is 0.493 e. The van der Waals surface area contributed by atoms with Crippen LogP contribution in [0.1, 0.15) is 16.7 Å². The van der Waals surface area contributed by atoms with Crippen LogP contribution in [0.4, 0.5) is 0 Å². The standard InChI is InChI=1S/C20H28N2O3.2ClH/c1-16-4-3-5-18(12-16)15-25-19-7-6-17(13-20(19)24-2)14-22-9-8-21-10-11-23;;/h3-7,12-13,21-23H,8-11,14-15H2,1-2H3;2*1H. The molecule has 0 atom stereocenters. The van der Waals surface area contributed by atoms with Gasteiger partial charge in [0.05, 0.1) is 13.7 Å². The fourth-order valence-corrected chi connectivity index (χ4v) is 2.52. The van der Waals surface area contributed by atoms with Gasteiger partial charge in [-0.15, -0.1) is 24.8 Å². The van der Waals surface area contributed by atoms with E-state index in [1.54, 1.807) is 7.11 Å². The van der Waals surface area contributed by atoms with Crippen molar-refractivity contribution in [2.24, 2.45) is 0 Å². The van der Waals surface area contributed by atoms with Gasteiger partial charge in [0.25, 0.3) is 0 Å². The second-order valence-electron chi connectivity index (χ2n) is 5.91. The first-order chi connectivity index (χ1) is 12.2. The van der Waals surface area contributed by atoms with Gasteiger partial charge in [0.15, 0.2) is 11.5 Å². The lowest BCUT2D eigenvalue weighted by Gasteiger charge is -2.13.